The van der Waals surface area contributed by atoms with E-state index in [-0.39, 0.29) is 12.5 Å². The molecule has 0 unspecified atom stereocenters. The molecular formula is C17H17BrF2N2O. The molecule has 0 aliphatic rings. The van der Waals surface area contributed by atoms with Gasteiger partial charge in [0.05, 0.1) is 6.54 Å². The number of carbonyl (C=O) groups is 1. The number of hydrogen-bond acceptors (Lipinski definition) is 2. The largest absolute Gasteiger partial charge is 0.325 e. The lowest BCUT2D eigenvalue weighted by Crippen LogP contribution is -2.30. The van der Waals surface area contributed by atoms with Gasteiger partial charge in [-0.3, -0.25) is 4.79 Å². The molecule has 3 nitrogen and oxygen atoms in total. The van der Waals surface area contributed by atoms with Crippen LogP contribution >= 0.6 is 15.9 Å². The van der Waals surface area contributed by atoms with E-state index in [0.717, 1.165) is 16.1 Å². The normalized spacial score (nSPS) is 12.0. The van der Waals surface area contributed by atoms with Gasteiger partial charge in [-0.15, -0.1) is 0 Å². The van der Waals surface area contributed by atoms with Gasteiger partial charge in [0.15, 0.2) is 0 Å². The minimum Gasteiger partial charge on any atom is -0.325 e. The lowest BCUT2D eigenvalue weighted by atomic mass is 10.1. The molecule has 0 fully saturated rings. The van der Waals surface area contributed by atoms with Crippen LogP contribution in [0.3, 0.4) is 0 Å². The van der Waals surface area contributed by atoms with Gasteiger partial charge in [0.2, 0.25) is 5.91 Å². The number of benzene rings is 2. The summed E-state index contributed by atoms with van der Waals surface area (Å²) in [6.07, 6.45) is 0. The number of rotatable bonds is 5. The zero-order valence-electron chi connectivity index (χ0n) is 12.8. The highest BCUT2D eigenvalue weighted by atomic mass is 79.9. The third-order valence-electron chi connectivity index (χ3n) is 3.44. The van der Waals surface area contributed by atoms with E-state index >= 15 is 0 Å². The molecule has 122 valence electrons. The Morgan fingerprint density at radius 3 is 2.61 bits per heavy atom. The Kier molecular flexibility index (Phi) is 5.85. The number of amides is 1. The number of hydrogen-bond donors (Lipinski definition) is 2. The SMILES string of the molecule is Cc1cc(NC(=O)CN[C@@H](C)c2ccc(F)cc2F)ccc1Br. The number of anilines is 1. The fraction of sp³-hybridized carbons (Fsp3) is 0.235. The van der Waals surface area contributed by atoms with Crippen molar-refractivity contribution in [2.45, 2.75) is 19.9 Å². The van der Waals surface area contributed by atoms with E-state index in [2.05, 4.69) is 26.6 Å². The molecule has 0 spiro atoms. The maximum absolute atomic E-state index is 13.7. The van der Waals surface area contributed by atoms with E-state index in [1.165, 1.54) is 12.1 Å². The molecule has 2 aromatic rings. The Bertz CT molecular complexity index is 722. The van der Waals surface area contributed by atoms with E-state index in [0.29, 0.717) is 11.3 Å². The second-order valence-corrected chi connectivity index (χ2v) is 6.13. The fourth-order valence-electron chi connectivity index (χ4n) is 2.14. The molecule has 2 aromatic carbocycles. The highest BCUT2D eigenvalue weighted by Gasteiger charge is 2.13. The Balaban J connectivity index is 1.91. The molecule has 1 atom stereocenters. The second kappa shape index (κ2) is 7.66. The maximum atomic E-state index is 13.7. The van der Waals surface area contributed by atoms with Crippen LogP contribution in [0.2, 0.25) is 0 Å². The number of aryl methyl sites for hydroxylation is 1. The summed E-state index contributed by atoms with van der Waals surface area (Å²) in [4.78, 5) is 11.9. The van der Waals surface area contributed by atoms with Gasteiger partial charge in [-0.05, 0) is 43.7 Å². The van der Waals surface area contributed by atoms with Crippen LogP contribution in [0.15, 0.2) is 40.9 Å². The molecular weight excluding hydrogens is 366 g/mol. The van der Waals surface area contributed by atoms with Crippen molar-refractivity contribution in [2.75, 3.05) is 11.9 Å². The smallest absolute Gasteiger partial charge is 0.238 e. The molecule has 1 amide bonds. The molecule has 23 heavy (non-hydrogen) atoms. The zero-order valence-corrected chi connectivity index (χ0v) is 14.4. The van der Waals surface area contributed by atoms with Crippen LogP contribution in [0.4, 0.5) is 14.5 Å². The topological polar surface area (TPSA) is 41.1 Å². The van der Waals surface area contributed by atoms with E-state index in [1.54, 1.807) is 13.0 Å². The number of carbonyl (C=O) groups excluding carboxylic acids is 1. The van der Waals surface area contributed by atoms with E-state index < -0.39 is 17.7 Å². The van der Waals surface area contributed by atoms with Gasteiger partial charge in [0, 0.05) is 27.8 Å². The van der Waals surface area contributed by atoms with Crippen LogP contribution < -0.4 is 10.6 Å². The van der Waals surface area contributed by atoms with Crippen LogP contribution in [-0.4, -0.2) is 12.5 Å². The minimum absolute atomic E-state index is 0.0209. The maximum Gasteiger partial charge on any atom is 0.238 e. The molecule has 0 aromatic heterocycles. The van der Waals surface area contributed by atoms with Crippen molar-refractivity contribution in [3.8, 4) is 0 Å². The zero-order chi connectivity index (χ0) is 17.0. The van der Waals surface area contributed by atoms with Gasteiger partial charge in [-0.25, -0.2) is 8.78 Å². The molecule has 0 saturated heterocycles. The van der Waals surface area contributed by atoms with Crippen molar-refractivity contribution in [2.24, 2.45) is 0 Å². The molecule has 0 saturated carbocycles. The van der Waals surface area contributed by atoms with Gasteiger partial charge in [-0.2, -0.15) is 0 Å². The highest BCUT2D eigenvalue weighted by Crippen LogP contribution is 2.20. The van der Waals surface area contributed by atoms with Gasteiger partial charge in [0.25, 0.3) is 0 Å². The fourth-order valence-corrected chi connectivity index (χ4v) is 2.38. The van der Waals surface area contributed by atoms with Gasteiger partial charge in [0.1, 0.15) is 11.6 Å². The van der Waals surface area contributed by atoms with Crippen LogP contribution in [0, 0.1) is 18.6 Å². The van der Waals surface area contributed by atoms with E-state index in [4.69, 9.17) is 0 Å². The van der Waals surface area contributed by atoms with Gasteiger partial charge >= 0.3 is 0 Å². The minimum atomic E-state index is -0.631. The summed E-state index contributed by atoms with van der Waals surface area (Å²) >= 11 is 3.40. The molecule has 2 N–H and O–H groups in total. The quantitative estimate of drug-likeness (QED) is 0.807. The predicted molar refractivity (Wildman–Crippen MR) is 90.3 cm³/mol. The first kappa shape index (κ1) is 17.6. The first-order chi connectivity index (χ1) is 10.9. The van der Waals surface area contributed by atoms with Crippen molar-refractivity contribution < 1.29 is 13.6 Å². The van der Waals surface area contributed by atoms with Crippen molar-refractivity contribution in [1.82, 2.24) is 5.32 Å². The predicted octanol–water partition coefficient (Wildman–Crippen LogP) is 4.33. The van der Waals surface area contributed by atoms with Gasteiger partial charge < -0.3 is 10.6 Å². The first-order valence-electron chi connectivity index (χ1n) is 7.11. The van der Waals surface area contributed by atoms with E-state index in [9.17, 15) is 13.6 Å². The Morgan fingerprint density at radius 1 is 1.22 bits per heavy atom. The Labute approximate surface area is 142 Å². The molecule has 0 heterocycles. The van der Waals surface area contributed by atoms with Crippen LogP contribution in [0.1, 0.15) is 24.1 Å². The number of halogens is 3. The highest BCUT2D eigenvalue weighted by molar-refractivity contribution is 9.10. The Morgan fingerprint density at radius 2 is 1.96 bits per heavy atom. The third kappa shape index (κ3) is 4.84. The van der Waals surface area contributed by atoms with Gasteiger partial charge in [-0.1, -0.05) is 22.0 Å². The third-order valence-corrected chi connectivity index (χ3v) is 4.33. The van der Waals surface area contributed by atoms with Crippen molar-refractivity contribution >= 4 is 27.5 Å². The summed E-state index contributed by atoms with van der Waals surface area (Å²) in [7, 11) is 0. The van der Waals surface area contributed by atoms with Crippen molar-refractivity contribution in [3.05, 3.63) is 63.6 Å². The summed E-state index contributed by atoms with van der Waals surface area (Å²) in [6.45, 7) is 3.66. The molecule has 6 heteroatoms. The monoisotopic (exact) mass is 382 g/mol. The molecule has 0 radical (unpaired) electrons. The summed E-state index contributed by atoms with van der Waals surface area (Å²) in [5.41, 5.74) is 2.02. The van der Waals surface area contributed by atoms with Crippen molar-refractivity contribution in [1.29, 1.82) is 0 Å². The lowest BCUT2D eigenvalue weighted by molar-refractivity contribution is -0.115. The van der Waals surface area contributed by atoms with Crippen molar-refractivity contribution in [3.63, 3.8) is 0 Å². The van der Waals surface area contributed by atoms with Crippen LogP contribution in [0.5, 0.6) is 0 Å². The average molecular weight is 383 g/mol. The summed E-state index contributed by atoms with van der Waals surface area (Å²) in [5.74, 6) is -1.49. The molecule has 2 rings (SSSR count). The first-order valence-corrected chi connectivity index (χ1v) is 7.90. The van der Waals surface area contributed by atoms with E-state index in [1.807, 2.05) is 19.1 Å². The summed E-state index contributed by atoms with van der Waals surface area (Å²) < 4.78 is 27.5. The summed E-state index contributed by atoms with van der Waals surface area (Å²) in [5, 5.41) is 5.69. The van der Waals surface area contributed by atoms with Crippen LogP contribution in [-0.2, 0) is 4.79 Å². The lowest BCUT2D eigenvalue weighted by Gasteiger charge is -2.15. The molecule has 0 aliphatic heterocycles. The summed E-state index contributed by atoms with van der Waals surface area (Å²) in [6, 6.07) is 8.49. The standard InChI is InChI=1S/C17H17BrF2N2O/c1-10-7-13(4-6-15(10)18)22-17(23)9-21-11(2)14-5-3-12(19)8-16(14)20/h3-8,11,21H,9H2,1-2H3,(H,22,23)/t11-/m0/s1. The number of nitrogens with one attached hydrogen (secondary N) is 2. The Hall–Kier alpha value is -1.79. The second-order valence-electron chi connectivity index (χ2n) is 5.28. The molecule has 0 aliphatic carbocycles. The molecule has 0 bridgehead atoms. The van der Waals surface area contributed by atoms with Crippen LogP contribution in [0.25, 0.3) is 0 Å². The average Bonchev–Trinajstić information content (AvgIpc) is 2.48.